The van der Waals surface area contributed by atoms with Gasteiger partial charge in [-0.05, 0) is 45.0 Å². The first kappa shape index (κ1) is 20.5. The molecule has 0 fully saturated rings. The highest BCUT2D eigenvalue weighted by molar-refractivity contribution is 6.69. The van der Waals surface area contributed by atoms with E-state index in [0.717, 1.165) is 6.42 Å². The van der Waals surface area contributed by atoms with Crippen molar-refractivity contribution in [2.75, 3.05) is 0 Å². The summed E-state index contributed by atoms with van der Waals surface area (Å²) in [4.78, 5) is 26.4. The summed E-state index contributed by atoms with van der Waals surface area (Å²) in [6, 6.07) is 10.7. The third-order valence-electron chi connectivity index (χ3n) is 6.14. The molecule has 0 saturated carbocycles. The van der Waals surface area contributed by atoms with Gasteiger partial charge < -0.3 is 9.53 Å². The van der Waals surface area contributed by atoms with E-state index in [2.05, 4.69) is 6.07 Å². The molecule has 4 rings (SSSR count). The highest BCUT2D eigenvalue weighted by atomic mass is 28.4. The Balaban J connectivity index is 2.02. The summed E-state index contributed by atoms with van der Waals surface area (Å²) in [5.74, 6) is -0.895. The van der Waals surface area contributed by atoms with Crippen LogP contribution in [0.3, 0.4) is 0 Å². The Kier molecular flexibility index (Phi) is 4.72. The minimum Gasteiger partial charge on any atom is -0.507 e. The van der Waals surface area contributed by atoms with Gasteiger partial charge in [-0.15, -0.1) is 0 Å². The van der Waals surface area contributed by atoms with Crippen LogP contribution in [0, 0.1) is 17.2 Å². The molecule has 1 N–H and O–H groups in total. The van der Waals surface area contributed by atoms with Crippen LogP contribution in [0.1, 0.15) is 62.7 Å². The fourth-order valence-corrected chi connectivity index (χ4v) is 6.18. The van der Waals surface area contributed by atoms with Crippen LogP contribution in [0.2, 0.25) is 19.6 Å². The van der Waals surface area contributed by atoms with Crippen LogP contribution >= 0.6 is 0 Å². The molecule has 2 unspecified atom stereocenters. The monoisotopic (exact) mass is 419 g/mol. The molecule has 2 aromatic rings. The normalized spacial score (nSPS) is 22.7. The van der Waals surface area contributed by atoms with Gasteiger partial charge in [-0.3, -0.25) is 9.59 Å². The van der Waals surface area contributed by atoms with E-state index >= 15 is 0 Å². The van der Waals surface area contributed by atoms with Gasteiger partial charge in [0.25, 0.3) is 0 Å². The maximum Gasteiger partial charge on any atom is 0.198 e. The number of carbonyl (C=O) groups excluding carboxylic acids is 2. The Labute approximate surface area is 177 Å². The molecule has 0 aliphatic heterocycles. The quantitative estimate of drug-likeness (QED) is 0.621. The van der Waals surface area contributed by atoms with Gasteiger partial charge in [-0.25, -0.2) is 0 Å². The number of hydrogen-bond acceptors (Lipinski definition) is 5. The number of nitriles is 1. The SMILES string of the molecule is CCC1CCc2c(cc3c(c2O)C(=O)c2ccccc2C3=O)C1(C#N)O[Si](C)(C)C. The number of aromatic hydroxyl groups is 1. The number of hydrogen-bond donors (Lipinski definition) is 1. The minimum absolute atomic E-state index is 0.0484. The van der Waals surface area contributed by atoms with Crippen LogP contribution in [0.4, 0.5) is 0 Å². The maximum absolute atomic E-state index is 13.2. The fourth-order valence-electron chi connectivity index (χ4n) is 4.89. The Morgan fingerprint density at radius 3 is 2.37 bits per heavy atom. The number of rotatable bonds is 3. The lowest BCUT2D eigenvalue weighted by Gasteiger charge is -2.44. The lowest BCUT2D eigenvalue weighted by molar-refractivity contribution is 0.0352. The highest BCUT2D eigenvalue weighted by Crippen LogP contribution is 2.50. The van der Waals surface area contributed by atoms with Crippen LogP contribution in [0.5, 0.6) is 5.75 Å². The topological polar surface area (TPSA) is 87.4 Å². The number of fused-ring (bicyclic) bond motifs is 3. The van der Waals surface area contributed by atoms with E-state index in [1.807, 2.05) is 26.6 Å². The summed E-state index contributed by atoms with van der Waals surface area (Å²) in [5, 5.41) is 21.5. The average Bonchev–Trinajstić information content (AvgIpc) is 2.71. The maximum atomic E-state index is 13.2. The molecule has 0 radical (unpaired) electrons. The largest absolute Gasteiger partial charge is 0.507 e. The summed E-state index contributed by atoms with van der Waals surface area (Å²) in [6.45, 7) is 8.10. The molecule has 2 aliphatic carbocycles. The molecule has 0 bridgehead atoms. The van der Waals surface area contributed by atoms with Crippen LogP contribution in [0.15, 0.2) is 30.3 Å². The van der Waals surface area contributed by atoms with Crippen molar-refractivity contribution in [2.24, 2.45) is 5.92 Å². The third kappa shape index (κ3) is 2.84. The van der Waals surface area contributed by atoms with Gasteiger partial charge in [-0.1, -0.05) is 31.2 Å². The summed E-state index contributed by atoms with van der Waals surface area (Å²) < 4.78 is 6.49. The first-order chi connectivity index (χ1) is 14.1. The van der Waals surface area contributed by atoms with Crippen molar-refractivity contribution in [1.29, 1.82) is 5.26 Å². The summed E-state index contributed by atoms with van der Waals surface area (Å²) in [5.41, 5.74) is 0.696. The predicted molar refractivity (Wildman–Crippen MR) is 115 cm³/mol. The Morgan fingerprint density at radius 2 is 1.80 bits per heavy atom. The number of ketones is 2. The lowest BCUT2D eigenvalue weighted by Crippen LogP contribution is -2.47. The minimum atomic E-state index is -2.16. The molecule has 0 aromatic heterocycles. The van der Waals surface area contributed by atoms with E-state index in [-0.39, 0.29) is 34.4 Å². The molecule has 2 aliphatic rings. The van der Waals surface area contributed by atoms with Crippen molar-refractivity contribution >= 4 is 19.9 Å². The van der Waals surface area contributed by atoms with Crippen molar-refractivity contribution in [3.05, 3.63) is 63.7 Å². The van der Waals surface area contributed by atoms with Crippen molar-refractivity contribution in [1.82, 2.24) is 0 Å². The van der Waals surface area contributed by atoms with Gasteiger partial charge in [-0.2, -0.15) is 5.26 Å². The Bertz CT molecular complexity index is 1130. The van der Waals surface area contributed by atoms with Gasteiger partial charge in [0.1, 0.15) is 11.8 Å². The van der Waals surface area contributed by atoms with E-state index < -0.39 is 13.9 Å². The van der Waals surface area contributed by atoms with Crippen LogP contribution in [-0.4, -0.2) is 25.0 Å². The van der Waals surface area contributed by atoms with Gasteiger partial charge in [0.15, 0.2) is 25.5 Å². The first-order valence-electron chi connectivity index (χ1n) is 10.3. The summed E-state index contributed by atoms with van der Waals surface area (Å²) in [6.07, 6.45) is 1.95. The summed E-state index contributed by atoms with van der Waals surface area (Å²) in [7, 11) is -2.16. The first-order valence-corrected chi connectivity index (χ1v) is 13.7. The number of phenolic OH excluding ortho intramolecular Hbond substituents is 1. The third-order valence-corrected chi connectivity index (χ3v) is 7.07. The molecule has 154 valence electrons. The molecule has 2 atom stereocenters. The number of phenols is 1. The molecular weight excluding hydrogens is 394 g/mol. The molecule has 6 heteroatoms. The van der Waals surface area contributed by atoms with E-state index in [9.17, 15) is 20.0 Å². The Morgan fingerprint density at radius 1 is 1.17 bits per heavy atom. The molecule has 0 spiro atoms. The second-order valence-corrected chi connectivity index (χ2v) is 13.5. The van der Waals surface area contributed by atoms with Gasteiger partial charge in [0, 0.05) is 33.7 Å². The number of nitrogens with zero attached hydrogens (tertiary/aromatic N) is 1. The smallest absolute Gasteiger partial charge is 0.198 e. The van der Waals surface area contributed by atoms with Crippen LogP contribution < -0.4 is 0 Å². The lowest BCUT2D eigenvalue weighted by atomic mass is 9.68. The van der Waals surface area contributed by atoms with E-state index in [1.54, 1.807) is 30.3 Å². The van der Waals surface area contributed by atoms with Crippen LogP contribution in [0.25, 0.3) is 0 Å². The molecule has 30 heavy (non-hydrogen) atoms. The zero-order chi connectivity index (χ0) is 21.8. The van der Waals surface area contributed by atoms with E-state index in [0.29, 0.717) is 35.1 Å². The summed E-state index contributed by atoms with van der Waals surface area (Å²) >= 11 is 0. The fraction of sp³-hybridized carbons (Fsp3) is 0.375. The van der Waals surface area contributed by atoms with Crippen LogP contribution in [-0.2, 0) is 16.4 Å². The second kappa shape index (κ2) is 6.90. The van der Waals surface area contributed by atoms with E-state index in [1.165, 1.54) is 0 Å². The van der Waals surface area contributed by atoms with Gasteiger partial charge in [0.2, 0.25) is 0 Å². The highest BCUT2D eigenvalue weighted by Gasteiger charge is 2.50. The van der Waals surface area contributed by atoms with Crippen molar-refractivity contribution < 1.29 is 19.1 Å². The number of carbonyl (C=O) groups is 2. The van der Waals surface area contributed by atoms with E-state index in [4.69, 9.17) is 4.43 Å². The van der Waals surface area contributed by atoms with Crippen molar-refractivity contribution in [3.8, 4) is 11.8 Å². The second-order valence-electron chi connectivity index (χ2n) is 9.08. The van der Waals surface area contributed by atoms with Crippen molar-refractivity contribution in [3.63, 3.8) is 0 Å². The zero-order valence-corrected chi connectivity index (χ0v) is 18.7. The molecule has 5 nitrogen and oxygen atoms in total. The van der Waals surface area contributed by atoms with Crippen molar-refractivity contribution in [2.45, 2.75) is 51.4 Å². The Hall–Kier alpha value is -2.75. The standard InChI is InChI=1S/C24H25NO4Si/c1-5-14-10-11-17-19(24(14,13-25)29-30(2,3)4)12-18-20(23(17)28)22(27)16-9-7-6-8-15(16)21(18)26/h6-9,12,14,28H,5,10-11H2,1-4H3. The molecule has 0 heterocycles. The zero-order valence-electron chi connectivity index (χ0n) is 17.7. The predicted octanol–water partition coefficient (Wildman–Crippen LogP) is 4.71. The van der Waals surface area contributed by atoms with Gasteiger partial charge in [0.05, 0.1) is 5.56 Å². The average molecular weight is 420 g/mol. The molecular formula is C24H25NO4Si. The molecule has 0 amide bonds. The van der Waals surface area contributed by atoms with Gasteiger partial charge >= 0.3 is 0 Å². The molecule has 0 saturated heterocycles. The number of benzene rings is 2. The molecule has 2 aromatic carbocycles.